The third-order valence-corrected chi connectivity index (χ3v) is 8.98. The average Bonchev–Trinajstić information content (AvgIpc) is 2.89. The van der Waals surface area contributed by atoms with Crippen molar-refractivity contribution in [3.8, 4) is 0 Å². The van der Waals surface area contributed by atoms with E-state index in [0.717, 1.165) is 31.3 Å². The van der Waals surface area contributed by atoms with Gasteiger partial charge in [-0.1, -0.05) is 122 Å². The molecule has 0 aliphatic heterocycles. The fourth-order valence-electron chi connectivity index (χ4n) is 5.66. The first kappa shape index (κ1) is 35.7. The molecular weight excluding hydrogens is 480 g/mol. The second-order valence-electron chi connectivity index (χ2n) is 12.9. The van der Waals surface area contributed by atoms with Crippen LogP contribution in [0, 0.1) is 23.7 Å². The molecule has 0 radical (unpaired) electrons. The van der Waals surface area contributed by atoms with Gasteiger partial charge in [-0.3, -0.25) is 0 Å². The lowest BCUT2D eigenvalue weighted by Crippen LogP contribution is -2.29. The number of ether oxygens (including phenoxy) is 1. The number of hydrogen-bond acceptors (Lipinski definition) is 3. The molecule has 0 N–H and O–H groups in total. The van der Waals surface area contributed by atoms with Crippen LogP contribution in [0.25, 0.3) is 0 Å². The Balaban J connectivity index is 2.26. The van der Waals surface area contributed by atoms with Crippen molar-refractivity contribution in [1.82, 2.24) is 0 Å². The van der Waals surface area contributed by atoms with E-state index < -0.39 is 5.97 Å². The summed E-state index contributed by atoms with van der Waals surface area (Å²) in [5.74, 6) is 0.732. The second-order valence-corrected chi connectivity index (χ2v) is 12.9. The molecule has 0 saturated heterocycles. The van der Waals surface area contributed by atoms with Gasteiger partial charge in [0, 0.05) is 18.5 Å². The number of carbonyl (C=O) groups is 1. The highest BCUT2D eigenvalue weighted by molar-refractivity contribution is 5.66. The van der Waals surface area contributed by atoms with E-state index in [9.17, 15) is 9.90 Å². The molecule has 5 atom stereocenters. The summed E-state index contributed by atoms with van der Waals surface area (Å²) in [7, 11) is 0. The summed E-state index contributed by atoms with van der Waals surface area (Å²) < 4.78 is 6.49. The molecule has 3 nitrogen and oxygen atoms in total. The van der Waals surface area contributed by atoms with Crippen molar-refractivity contribution in [2.45, 2.75) is 157 Å². The monoisotopic (exact) mass is 543 g/mol. The van der Waals surface area contributed by atoms with E-state index in [0.29, 0.717) is 12.3 Å². The van der Waals surface area contributed by atoms with Crippen molar-refractivity contribution in [2.75, 3.05) is 6.61 Å². The Hall–Kier alpha value is -1.35. The number of carbonyl (C=O) groups excluding carboxylic acids is 1. The summed E-state index contributed by atoms with van der Waals surface area (Å²) in [6, 6.07) is 0. The summed E-state index contributed by atoms with van der Waals surface area (Å²) in [6.45, 7) is 16.5. The number of unbranched alkanes of at least 4 members (excludes halogenated alkanes) is 5. The predicted molar refractivity (Wildman–Crippen MR) is 167 cm³/mol. The van der Waals surface area contributed by atoms with Gasteiger partial charge in [0.1, 0.15) is 0 Å². The number of carboxylic acids is 1. The lowest BCUT2D eigenvalue weighted by atomic mass is 9.83. The molecule has 0 fully saturated rings. The quantitative estimate of drug-likeness (QED) is 0.0951. The minimum atomic E-state index is -0.936. The summed E-state index contributed by atoms with van der Waals surface area (Å²) in [5.41, 5.74) is 4.36. The number of allylic oxidation sites excluding steroid dienone is 4. The van der Waals surface area contributed by atoms with Gasteiger partial charge in [-0.05, 0) is 82.1 Å². The predicted octanol–water partition coefficient (Wildman–Crippen LogP) is 9.76. The van der Waals surface area contributed by atoms with Gasteiger partial charge in [-0.15, -0.1) is 0 Å². The molecule has 5 unspecified atom stereocenters. The van der Waals surface area contributed by atoms with Crippen molar-refractivity contribution >= 4 is 5.97 Å². The molecule has 1 aliphatic rings. The van der Waals surface area contributed by atoms with Crippen LogP contribution in [0.15, 0.2) is 34.9 Å². The van der Waals surface area contributed by atoms with Crippen LogP contribution in [0.4, 0.5) is 0 Å². The van der Waals surface area contributed by atoms with E-state index in [4.69, 9.17) is 4.74 Å². The molecule has 3 heteroatoms. The Kier molecular flexibility index (Phi) is 19.6. The van der Waals surface area contributed by atoms with Crippen molar-refractivity contribution in [2.24, 2.45) is 23.7 Å². The molecule has 0 saturated carbocycles. The van der Waals surface area contributed by atoms with Gasteiger partial charge < -0.3 is 14.6 Å². The smallest absolute Gasteiger partial charge is 0.0850 e. The molecule has 226 valence electrons. The maximum atomic E-state index is 10.8. The first-order chi connectivity index (χ1) is 18.6. The first-order valence-electron chi connectivity index (χ1n) is 16.5. The summed E-state index contributed by atoms with van der Waals surface area (Å²) in [6.07, 6.45) is 26.6. The van der Waals surface area contributed by atoms with Gasteiger partial charge in [0.15, 0.2) is 0 Å². The van der Waals surface area contributed by atoms with Crippen LogP contribution >= 0.6 is 0 Å². The number of rotatable bonds is 23. The molecule has 1 rings (SSSR count). The van der Waals surface area contributed by atoms with Gasteiger partial charge >= 0.3 is 0 Å². The molecule has 0 aromatic rings. The first-order valence-corrected chi connectivity index (χ1v) is 16.5. The SMILES string of the molecule is CCCCCCCCOC1C(CCC(C)CCCC(C)CCC/C(C)=C/CCC(C)C(=O)[O-])=CC=C(C)C1C. The molecule has 0 aromatic carbocycles. The highest BCUT2D eigenvalue weighted by atomic mass is 16.5. The second kappa shape index (κ2) is 21.4. The van der Waals surface area contributed by atoms with E-state index in [2.05, 4.69) is 59.8 Å². The van der Waals surface area contributed by atoms with Crippen molar-refractivity contribution in [1.29, 1.82) is 0 Å². The van der Waals surface area contributed by atoms with E-state index in [1.54, 1.807) is 6.92 Å². The number of carboxylic acid groups (broad SMARTS) is 1. The average molecular weight is 544 g/mol. The lowest BCUT2D eigenvalue weighted by Gasteiger charge is -2.31. The highest BCUT2D eigenvalue weighted by Crippen LogP contribution is 2.32. The minimum absolute atomic E-state index is 0.271. The standard InChI is InChI=1S/C36H64O3/c1-8-9-10-11-12-13-27-39-35-33(7)31(5)24-26-34(35)25-23-30(4)20-15-19-28(2)17-14-18-29(3)21-16-22-32(6)36(37)38/h21,24,26,28,30,32-33,35H,8-20,22-23,25,27H2,1-7H3,(H,37,38)/p-1/b29-21+. The van der Waals surface area contributed by atoms with Gasteiger partial charge in [0.2, 0.25) is 0 Å². The Morgan fingerprint density at radius 2 is 1.56 bits per heavy atom. The molecule has 0 amide bonds. The maximum absolute atomic E-state index is 10.8. The Morgan fingerprint density at radius 1 is 0.923 bits per heavy atom. The molecule has 0 bridgehead atoms. The van der Waals surface area contributed by atoms with Crippen LogP contribution in [-0.4, -0.2) is 18.7 Å². The topological polar surface area (TPSA) is 49.4 Å². The summed E-state index contributed by atoms with van der Waals surface area (Å²) >= 11 is 0. The highest BCUT2D eigenvalue weighted by Gasteiger charge is 2.26. The largest absolute Gasteiger partial charge is 0.550 e. The summed E-state index contributed by atoms with van der Waals surface area (Å²) in [4.78, 5) is 10.8. The molecule has 0 aromatic heterocycles. The van der Waals surface area contributed by atoms with E-state index >= 15 is 0 Å². The zero-order valence-corrected chi connectivity index (χ0v) is 26.9. The van der Waals surface area contributed by atoms with E-state index in [1.807, 2.05) is 0 Å². The Bertz CT molecular complexity index is 746. The molecule has 0 heterocycles. The van der Waals surface area contributed by atoms with Gasteiger partial charge in [0.05, 0.1) is 6.10 Å². The molecule has 1 aliphatic carbocycles. The van der Waals surface area contributed by atoms with E-state index in [-0.39, 0.29) is 12.0 Å². The molecule has 39 heavy (non-hydrogen) atoms. The van der Waals surface area contributed by atoms with Crippen LogP contribution < -0.4 is 5.11 Å². The third kappa shape index (κ3) is 16.5. The zero-order valence-electron chi connectivity index (χ0n) is 26.9. The zero-order chi connectivity index (χ0) is 29.0. The van der Waals surface area contributed by atoms with Gasteiger partial charge in [0.25, 0.3) is 0 Å². The number of aliphatic carboxylic acids is 1. The normalized spacial score (nSPS) is 20.3. The number of hydrogen-bond donors (Lipinski definition) is 0. The van der Waals surface area contributed by atoms with Crippen molar-refractivity contribution in [3.05, 3.63) is 34.9 Å². The van der Waals surface area contributed by atoms with Crippen molar-refractivity contribution < 1.29 is 14.6 Å². The van der Waals surface area contributed by atoms with E-state index in [1.165, 1.54) is 100 Å². The Morgan fingerprint density at radius 3 is 2.26 bits per heavy atom. The van der Waals surface area contributed by atoms with Gasteiger partial charge in [-0.2, -0.15) is 0 Å². The lowest BCUT2D eigenvalue weighted by molar-refractivity contribution is -0.311. The van der Waals surface area contributed by atoms with Crippen LogP contribution in [0.5, 0.6) is 0 Å². The maximum Gasteiger partial charge on any atom is 0.0850 e. The van der Waals surface area contributed by atoms with Crippen LogP contribution in [0.2, 0.25) is 0 Å². The molecular formula is C36H63O3-. The van der Waals surface area contributed by atoms with Gasteiger partial charge in [-0.25, -0.2) is 0 Å². The summed E-state index contributed by atoms with van der Waals surface area (Å²) in [5, 5.41) is 10.8. The fraction of sp³-hybridized carbons (Fsp3) is 0.806. The third-order valence-electron chi connectivity index (χ3n) is 8.98. The van der Waals surface area contributed by atoms with Crippen molar-refractivity contribution in [3.63, 3.8) is 0 Å². The van der Waals surface area contributed by atoms with Crippen LogP contribution in [-0.2, 0) is 9.53 Å². The fourth-order valence-corrected chi connectivity index (χ4v) is 5.66. The van der Waals surface area contributed by atoms with Crippen LogP contribution in [0.3, 0.4) is 0 Å². The minimum Gasteiger partial charge on any atom is -0.550 e. The Labute approximate surface area is 243 Å². The molecule has 0 spiro atoms. The van der Waals surface area contributed by atoms with Crippen LogP contribution in [0.1, 0.15) is 151 Å².